The molecular weight excluding hydrogens is 241 g/mol. The predicted octanol–water partition coefficient (Wildman–Crippen LogP) is 3.48. The van der Waals surface area contributed by atoms with Crippen LogP contribution in [0.1, 0.15) is 22.3 Å². The molecule has 2 aromatic rings. The van der Waals surface area contributed by atoms with Gasteiger partial charge in [0.25, 0.3) is 0 Å². The molecule has 0 spiro atoms. The molecule has 0 heterocycles. The van der Waals surface area contributed by atoms with E-state index >= 15 is 0 Å². The van der Waals surface area contributed by atoms with Crippen LogP contribution in [0, 0.1) is 19.7 Å². The normalized spacial score (nSPS) is 10.5. The maximum Gasteiger partial charge on any atom is 0.129 e. The summed E-state index contributed by atoms with van der Waals surface area (Å²) in [5, 5.41) is 0. The fourth-order valence-electron chi connectivity index (χ4n) is 1.98. The van der Waals surface area contributed by atoms with Crippen molar-refractivity contribution in [2.75, 3.05) is 0 Å². The highest BCUT2D eigenvalue weighted by Crippen LogP contribution is 2.21. The molecule has 0 saturated heterocycles. The highest BCUT2D eigenvalue weighted by atomic mass is 19.1. The van der Waals surface area contributed by atoms with Crippen molar-refractivity contribution in [2.45, 2.75) is 27.0 Å². The molecule has 19 heavy (non-hydrogen) atoms. The van der Waals surface area contributed by atoms with Crippen LogP contribution in [0.3, 0.4) is 0 Å². The average Bonchev–Trinajstić information content (AvgIpc) is 2.39. The zero-order valence-corrected chi connectivity index (χ0v) is 11.2. The molecule has 2 aromatic carbocycles. The molecule has 0 amide bonds. The molecule has 0 saturated carbocycles. The van der Waals surface area contributed by atoms with Crippen molar-refractivity contribution in [3.63, 3.8) is 0 Å². The zero-order chi connectivity index (χ0) is 13.8. The third-order valence-corrected chi connectivity index (χ3v) is 3.06. The van der Waals surface area contributed by atoms with E-state index in [-0.39, 0.29) is 12.4 Å². The summed E-state index contributed by atoms with van der Waals surface area (Å²) in [4.78, 5) is 0. The van der Waals surface area contributed by atoms with Gasteiger partial charge in [-0.1, -0.05) is 23.8 Å². The Balaban J connectivity index is 2.14. The van der Waals surface area contributed by atoms with E-state index in [9.17, 15) is 4.39 Å². The van der Waals surface area contributed by atoms with Gasteiger partial charge in [0.1, 0.15) is 18.2 Å². The van der Waals surface area contributed by atoms with Crippen LogP contribution in [-0.4, -0.2) is 0 Å². The van der Waals surface area contributed by atoms with Gasteiger partial charge in [0, 0.05) is 12.1 Å². The Morgan fingerprint density at radius 3 is 2.58 bits per heavy atom. The Morgan fingerprint density at radius 2 is 1.89 bits per heavy atom. The van der Waals surface area contributed by atoms with E-state index < -0.39 is 0 Å². The number of nitrogens with two attached hydrogens (primary N) is 1. The monoisotopic (exact) mass is 259 g/mol. The lowest BCUT2D eigenvalue weighted by Gasteiger charge is -2.11. The van der Waals surface area contributed by atoms with Gasteiger partial charge in [-0.25, -0.2) is 4.39 Å². The van der Waals surface area contributed by atoms with E-state index in [0.29, 0.717) is 12.1 Å². The third-order valence-electron chi connectivity index (χ3n) is 3.06. The molecule has 0 bridgehead atoms. The van der Waals surface area contributed by atoms with Crippen LogP contribution in [0.5, 0.6) is 5.75 Å². The average molecular weight is 259 g/mol. The molecular formula is C16H18FNO. The third kappa shape index (κ3) is 3.32. The van der Waals surface area contributed by atoms with Crippen LogP contribution in [-0.2, 0) is 13.2 Å². The smallest absolute Gasteiger partial charge is 0.129 e. The summed E-state index contributed by atoms with van der Waals surface area (Å²) in [7, 11) is 0. The molecule has 0 aromatic heterocycles. The Morgan fingerprint density at radius 1 is 1.11 bits per heavy atom. The minimum atomic E-state index is -0.262. The molecule has 3 heteroatoms. The molecule has 2 nitrogen and oxygen atoms in total. The first-order chi connectivity index (χ1) is 9.10. The summed E-state index contributed by atoms with van der Waals surface area (Å²) >= 11 is 0. The van der Waals surface area contributed by atoms with E-state index in [1.807, 2.05) is 32.0 Å². The summed E-state index contributed by atoms with van der Waals surface area (Å²) in [5.74, 6) is 0.519. The number of aryl methyl sites for hydroxylation is 2. The lowest BCUT2D eigenvalue weighted by atomic mass is 10.1. The molecule has 0 aliphatic carbocycles. The topological polar surface area (TPSA) is 35.2 Å². The number of ether oxygens (including phenoxy) is 1. The molecule has 100 valence electrons. The Bertz CT molecular complexity index is 581. The van der Waals surface area contributed by atoms with Crippen molar-refractivity contribution in [1.82, 2.24) is 0 Å². The van der Waals surface area contributed by atoms with Crippen LogP contribution >= 0.6 is 0 Å². The summed E-state index contributed by atoms with van der Waals surface area (Å²) in [6.07, 6.45) is 0. The summed E-state index contributed by atoms with van der Waals surface area (Å²) in [5.41, 5.74) is 9.22. The first kappa shape index (κ1) is 13.6. The van der Waals surface area contributed by atoms with Gasteiger partial charge in [-0.2, -0.15) is 0 Å². The van der Waals surface area contributed by atoms with Crippen LogP contribution in [0.2, 0.25) is 0 Å². The van der Waals surface area contributed by atoms with E-state index in [1.54, 1.807) is 12.1 Å². The minimum absolute atomic E-state index is 0.212. The molecule has 0 aliphatic rings. The van der Waals surface area contributed by atoms with Crippen LogP contribution in [0.25, 0.3) is 0 Å². The largest absolute Gasteiger partial charge is 0.489 e. The molecule has 0 radical (unpaired) electrons. The second-order valence-electron chi connectivity index (χ2n) is 4.69. The van der Waals surface area contributed by atoms with Crippen molar-refractivity contribution in [1.29, 1.82) is 0 Å². The molecule has 2 rings (SSSR count). The number of benzene rings is 2. The molecule has 0 atom stereocenters. The van der Waals surface area contributed by atoms with Gasteiger partial charge in [0.2, 0.25) is 0 Å². The quantitative estimate of drug-likeness (QED) is 0.912. The van der Waals surface area contributed by atoms with Gasteiger partial charge in [-0.15, -0.1) is 0 Å². The highest BCUT2D eigenvalue weighted by Gasteiger charge is 2.06. The van der Waals surface area contributed by atoms with Crippen LogP contribution in [0.15, 0.2) is 36.4 Å². The van der Waals surface area contributed by atoms with Crippen molar-refractivity contribution in [3.8, 4) is 5.75 Å². The Labute approximate surface area is 113 Å². The standard InChI is InChI=1S/C16H18FNO/c1-11-3-6-16(12(2)7-11)19-10-14-8-13(9-18)4-5-15(14)17/h3-8H,9-10,18H2,1-2H3. The lowest BCUT2D eigenvalue weighted by molar-refractivity contribution is 0.297. The van der Waals surface area contributed by atoms with E-state index in [0.717, 1.165) is 16.9 Å². The van der Waals surface area contributed by atoms with E-state index in [2.05, 4.69) is 0 Å². The molecule has 0 aliphatic heterocycles. The maximum atomic E-state index is 13.7. The predicted molar refractivity (Wildman–Crippen MR) is 74.5 cm³/mol. The zero-order valence-electron chi connectivity index (χ0n) is 11.2. The van der Waals surface area contributed by atoms with Gasteiger partial charge >= 0.3 is 0 Å². The fourth-order valence-corrected chi connectivity index (χ4v) is 1.98. The van der Waals surface area contributed by atoms with E-state index in [4.69, 9.17) is 10.5 Å². The summed E-state index contributed by atoms with van der Waals surface area (Å²) < 4.78 is 19.3. The van der Waals surface area contributed by atoms with Crippen LogP contribution in [0.4, 0.5) is 4.39 Å². The first-order valence-corrected chi connectivity index (χ1v) is 6.27. The van der Waals surface area contributed by atoms with Crippen molar-refractivity contribution in [3.05, 3.63) is 64.5 Å². The SMILES string of the molecule is Cc1ccc(OCc2cc(CN)ccc2F)c(C)c1. The Hall–Kier alpha value is -1.87. The van der Waals surface area contributed by atoms with Crippen molar-refractivity contribution < 1.29 is 9.13 Å². The van der Waals surface area contributed by atoms with E-state index in [1.165, 1.54) is 11.6 Å². The van der Waals surface area contributed by atoms with Crippen molar-refractivity contribution in [2.24, 2.45) is 5.73 Å². The first-order valence-electron chi connectivity index (χ1n) is 6.27. The number of hydrogen-bond donors (Lipinski definition) is 1. The van der Waals surface area contributed by atoms with Crippen molar-refractivity contribution >= 4 is 0 Å². The second-order valence-corrected chi connectivity index (χ2v) is 4.69. The van der Waals surface area contributed by atoms with Gasteiger partial charge in [0.05, 0.1) is 0 Å². The molecule has 0 fully saturated rings. The number of hydrogen-bond acceptors (Lipinski definition) is 2. The fraction of sp³-hybridized carbons (Fsp3) is 0.250. The summed E-state index contributed by atoms with van der Waals surface area (Å²) in [6.45, 7) is 4.62. The maximum absolute atomic E-state index is 13.7. The Kier molecular flexibility index (Phi) is 4.17. The van der Waals surface area contributed by atoms with Gasteiger partial charge in [-0.05, 0) is 43.2 Å². The lowest BCUT2D eigenvalue weighted by Crippen LogP contribution is -2.03. The second kappa shape index (κ2) is 5.85. The number of halogens is 1. The minimum Gasteiger partial charge on any atom is -0.489 e. The summed E-state index contributed by atoms with van der Waals surface area (Å²) in [6, 6.07) is 10.8. The van der Waals surface area contributed by atoms with Crippen LogP contribution < -0.4 is 10.5 Å². The molecule has 0 unspecified atom stereocenters. The highest BCUT2D eigenvalue weighted by molar-refractivity contribution is 5.36. The number of rotatable bonds is 4. The van der Waals surface area contributed by atoms with Gasteiger partial charge in [-0.3, -0.25) is 0 Å². The van der Waals surface area contributed by atoms with Gasteiger partial charge < -0.3 is 10.5 Å². The molecule has 2 N–H and O–H groups in total. The van der Waals surface area contributed by atoms with Gasteiger partial charge in [0.15, 0.2) is 0 Å².